The molecule has 4 rings (SSSR count). The number of alkyl halides is 2. The van der Waals surface area contributed by atoms with Crippen molar-refractivity contribution in [1.82, 2.24) is 9.62 Å². The second kappa shape index (κ2) is 13.9. The van der Waals surface area contributed by atoms with Gasteiger partial charge in [-0.1, -0.05) is 60.7 Å². The zero-order valence-electron chi connectivity index (χ0n) is 22.9. The first-order valence-electron chi connectivity index (χ1n) is 13.3. The number of carbonyl (C=O) groups excluding carboxylic acids is 2. The van der Waals surface area contributed by atoms with E-state index in [0.717, 1.165) is 0 Å². The van der Waals surface area contributed by atoms with E-state index in [1.807, 2.05) is 0 Å². The van der Waals surface area contributed by atoms with Crippen molar-refractivity contribution in [3.8, 4) is 5.75 Å². The predicted molar refractivity (Wildman–Crippen MR) is 150 cm³/mol. The summed E-state index contributed by atoms with van der Waals surface area (Å²) < 4.78 is 75.0. The van der Waals surface area contributed by atoms with Crippen molar-refractivity contribution < 1.29 is 41.0 Å². The Morgan fingerprint density at radius 2 is 1.62 bits per heavy atom. The van der Waals surface area contributed by atoms with Crippen molar-refractivity contribution in [2.75, 3.05) is 26.9 Å². The van der Waals surface area contributed by atoms with Gasteiger partial charge in [-0.15, -0.1) is 0 Å². The molecule has 9 nitrogen and oxygen atoms in total. The lowest BCUT2D eigenvalue weighted by molar-refractivity contribution is -0.146. The van der Waals surface area contributed by atoms with E-state index in [4.69, 9.17) is 14.2 Å². The standard InChI is InChI=1S/C30H32F2N2O7S/c1-39-24-12-14-26(15-13-24)42(37,38)34(19-23-10-6-3-7-11-23)21-30(31,32)28(35)27(18-22-8-4-2-5-9-22)33-29(36)41-25-16-17-40-20-25/h2-15,25,27H,16-21H2,1H3,(H,33,36)/t25-,27+/m0/s1. The molecular weight excluding hydrogens is 570 g/mol. The number of hydrogen-bond acceptors (Lipinski definition) is 7. The number of nitrogens with one attached hydrogen (secondary N) is 1. The highest BCUT2D eigenvalue weighted by Gasteiger charge is 2.47. The molecule has 12 heteroatoms. The van der Waals surface area contributed by atoms with E-state index in [1.165, 1.54) is 31.4 Å². The van der Waals surface area contributed by atoms with Crippen LogP contribution in [0.1, 0.15) is 17.5 Å². The molecule has 1 aliphatic rings. The lowest BCUT2D eigenvalue weighted by Gasteiger charge is -2.29. The Bertz CT molecular complexity index is 1430. The average Bonchev–Trinajstić information content (AvgIpc) is 3.50. The van der Waals surface area contributed by atoms with E-state index in [-0.39, 0.29) is 17.9 Å². The highest BCUT2D eigenvalue weighted by Crippen LogP contribution is 2.27. The average molecular weight is 603 g/mol. The number of alkyl carbamates (subject to hydrolysis) is 1. The summed E-state index contributed by atoms with van der Waals surface area (Å²) in [5.74, 6) is -5.44. The van der Waals surface area contributed by atoms with Gasteiger partial charge >= 0.3 is 12.0 Å². The number of amides is 1. The predicted octanol–water partition coefficient (Wildman–Crippen LogP) is 4.22. The lowest BCUT2D eigenvalue weighted by Crippen LogP contribution is -2.54. The van der Waals surface area contributed by atoms with Crippen LogP contribution in [0.25, 0.3) is 0 Å². The molecule has 1 amide bonds. The number of rotatable bonds is 13. The number of sulfonamides is 1. The zero-order valence-corrected chi connectivity index (χ0v) is 23.8. The van der Waals surface area contributed by atoms with Crippen molar-refractivity contribution in [2.24, 2.45) is 0 Å². The van der Waals surface area contributed by atoms with Gasteiger partial charge in [0.25, 0.3) is 0 Å². The van der Waals surface area contributed by atoms with Crippen LogP contribution in [0.4, 0.5) is 13.6 Å². The minimum Gasteiger partial charge on any atom is -0.497 e. The zero-order chi connectivity index (χ0) is 30.2. The molecule has 0 unspecified atom stereocenters. The van der Waals surface area contributed by atoms with Gasteiger partial charge in [0.1, 0.15) is 17.9 Å². The van der Waals surface area contributed by atoms with E-state index in [1.54, 1.807) is 60.7 Å². The molecule has 0 spiro atoms. The minimum atomic E-state index is -4.49. The molecule has 0 aliphatic carbocycles. The first kappa shape index (κ1) is 31.1. The van der Waals surface area contributed by atoms with E-state index in [9.17, 15) is 18.0 Å². The summed E-state index contributed by atoms with van der Waals surface area (Å²) in [6.07, 6.45) is -1.41. The van der Waals surface area contributed by atoms with Gasteiger partial charge in [-0.3, -0.25) is 4.79 Å². The van der Waals surface area contributed by atoms with Crippen molar-refractivity contribution in [3.05, 3.63) is 96.1 Å². The van der Waals surface area contributed by atoms with Crippen LogP contribution < -0.4 is 10.1 Å². The summed E-state index contributed by atoms with van der Waals surface area (Å²) in [6, 6.07) is 20.1. The Balaban J connectivity index is 1.61. The summed E-state index contributed by atoms with van der Waals surface area (Å²) in [6.45, 7) is -1.31. The van der Waals surface area contributed by atoms with Crippen LogP contribution in [0.5, 0.6) is 5.75 Å². The molecule has 1 saturated heterocycles. The first-order chi connectivity index (χ1) is 20.1. The third-order valence-electron chi connectivity index (χ3n) is 6.69. The van der Waals surface area contributed by atoms with Crippen LogP contribution in [-0.2, 0) is 37.3 Å². The minimum absolute atomic E-state index is 0.165. The lowest BCUT2D eigenvalue weighted by atomic mass is 9.98. The number of methoxy groups -OCH3 is 1. The van der Waals surface area contributed by atoms with E-state index in [0.29, 0.717) is 34.2 Å². The van der Waals surface area contributed by atoms with Gasteiger partial charge < -0.3 is 19.5 Å². The monoisotopic (exact) mass is 602 g/mol. The third-order valence-corrected chi connectivity index (χ3v) is 8.49. The molecule has 3 aromatic carbocycles. The highest BCUT2D eigenvalue weighted by atomic mass is 32.2. The molecular formula is C30H32F2N2O7S. The molecule has 0 aromatic heterocycles. The van der Waals surface area contributed by atoms with Crippen molar-refractivity contribution in [3.63, 3.8) is 0 Å². The fraction of sp³-hybridized carbons (Fsp3) is 0.333. The SMILES string of the molecule is COc1ccc(S(=O)(=O)N(Cc2ccccc2)CC(F)(F)C(=O)[C@@H](Cc2ccccc2)NC(=O)O[C@H]2CCOC2)cc1. The van der Waals surface area contributed by atoms with Crippen LogP contribution in [0.3, 0.4) is 0 Å². The van der Waals surface area contributed by atoms with E-state index in [2.05, 4.69) is 5.32 Å². The van der Waals surface area contributed by atoms with E-state index >= 15 is 8.78 Å². The molecule has 2 atom stereocenters. The first-order valence-corrected chi connectivity index (χ1v) is 14.7. The van der Waals surface area contributed by atoms with Gasteiger partial charge in [-0.05, 0) is 35.4 Å². The smallest absolute Gasteiger partial charge is 0.408 e. The molecule has 224 valence electrons. The van der Waals surface area contributed by atoms with Crippen LogP contribution in [0, 0.1) is 0 Å². The Labute approximate surface area is 243 Å². The second-order valence-electron chi connectivity index (χ2n) is 9.78. The normalized spacial score (nSPS) is 16.1. The maximum Gasteiger partial charge on any atom is 0.408 e. The number of hydrogen-bond donors (Lipinski definition) is 1. The Morgan fingerprint density at radius 3 is 2.19 bits per heavy atom. The van der Waals surface area contributed by atoms with Gasteiger partial charge in [-0.25, -0.2) is 13.2 Å². The van der Waals surface area contributed by atoms with Crippen LogP contribution in [0.2, 0.25) is 0 Å². The van der Waals surface area contributed by atoms with Crippen LogP contribution >= 0.6 is 0 Å². The Morgan fingerprint density at radius 1 is 1.00 bits per heavy atom. The van der Waals surface area contributed by atoms with Gasteiger partial charge in [0, 0.05) is 19.4 Å². The fourth-order valence-electron chi connectivity index (χ4n) is 4.46. The number of nitrogens with zero attached hydrogens (tertiary/aromatic N) is 1. The maximum atomic E-state index is 15.9. The second-order valence-corrected chi connectivity index (χ2v) is 11.7. The largest absolute Gasteiger partial charge is 0.497 e. The van der Waals surface area contributed by atoms with Crippen LogP contribution in [-0.4, -0.2) is 69.5 Å². The molecule has 1 N–H and O–H groups in total. The van der Waals surface area contributed by atoms with Crippen molar-refractivity contribution >= 4 is 21.9 Å². The van der Waals surface area contributed by atoms with Crippen LogP contribution in [0.15, 0.2) is 89.8 Å². The molecule has 1 heterocycles. The molecule has 42 heavy (non-hydrogen) atoms. The van der Waals surface area contributed by atoms with Crippen molar-refractivity contribution in [1.29, 1.82) is 0 Å². The van der Waals surface area contributed by atoms with E-state index < -0.39 is 53.1 Å². The third kappa shape index (κ3) is 8.11. The maximum absolute atomic E-state index is 15.9. The number of ketones is 1. The van der Waals surface area contributed by atoms with Gasteiger partial charge in [0.15, 0.2) is 0 Å². The summed E-state index contributed by atoms with van der Waals surface area (Å²) in [7, 11) is -3.08. The Hall–Kier alpha value is -3.87. The summed E-state index contributed by atoms with van der Waals surface area (Å²) >= 11 is 0. The Kier molecular flexibility index (Phi) is 10.3. The molecule has 1 fully saturated rings. The number of benzene rings is 3. The summed E-state index contributed by atoms with van der Waals surface area (Å²) in [4.78, 5) is 25.7. The number of ether oxygens (including phenoxy) is 3. The molecule has 0 radical (unpaired) electrons. The quantitative estimate of drug-likeness (QED) is 0.312. The summed E-state index contributed by atoms with van der Waals surface area (Å²) in [5.41, 5.74) is 0.960. The van der Waals surface area contributed by atoms with Gasteiger partial charge in [-0.2, -0.15) is 13.1 Å². The van der Waals surface area contributed by atoms with Gasteiger partial charge in [0.05, 0.1) is 31.8 Å². The van der Waals surface area contributed by atoms with Crippen molar-refractivity contribution in [2.45, 2.75) is 42.4 Å². The number of halogens is 2. The van der Waals surface area contributed by atoms with Gasteiger partial charge in [0.2, 0.25) is 15.8 Å². The molecule has 3 aromatic rings. The number of Topliss-reactive ketones (excluding diaryl/α,β-unsaturated/α-hetero) is 1. The molecule has 0 saturated carbocycles. The fourth-order valence-corrected chi connectivity index (χ4v) is 5.89. The topological polar surface area (TPSA) is 111 Å². The highest BCUT2D eigenvalue weighted by molar-refractivity contribution is 7.89. The summed E-state index contributed by atoms with van der Waals surface area (Å²) in [5, 5.41) is 2.28. The molecule has 1 aliphatic heterocycles. The number of carbonyl (C=O) groups is 2. The molecule has 0 bridgehead atoms.